The van der Waals surface area contributed by atoms with Crippen molar-refractivity contribution in [2.75, 3.05) is 4.90 Å². The minimum Gasteiger partial charge on any atom is -0.310 e. The Morgan fingerprint density at radius 3 is 1.62 bits per heavy atom. The molecule has 0 radical (unpaired) electrons. The third-order valence-electron chi connectivity index (χ3n) is 12.1. The lowest BCUT2D eigenvalue weighted by atomic mass is 9.55. The van der Waals surface area contributed by atoms with Crippen molar-refractivity contribution in [1.29, 1.82) is 0 Å². The van der Waals surface area contributed by atoms with Gasteiger partial charge in [-0.1, -0.05) is 172 Å². The zero-order chi connectivity index (χ0) is 35.6. The third kappa shape index (κ3) is 4.77. The zero-order valence-corrected chi connectivity index (χ0v) is 30.2. The number of fused-ring (bicyclic) bond motifs is 9. The maximum Gasteiger partial charge on any atom is 0.0720 e. The molecule has 1 heteroatoms. The van der Waals surface area contributed by atoms with Crippen LogP contribution in [-0.4, -0.2) is 0 Å². The molecule has 0 saturated heterocycles. The number of rotatable bonds is 5. The first-order chi connectivity index (χ1) is 26.0. The van der Waals surface area contributed by atoms with Gasteiger partial charge in [-0.2, -0.15) is 0 Å². The molecular formula is C52H41N. The second-order valence-electron chi connectivity index (χ2n) is 15.2. The molecule has 7 aromatic carbocycles. The van der Waals surface area contributed by atoms with E-state index >= 15 is 0 Å². The fourth-order valence-corrected chi connectivity index (χ4v) is 9.57. The van der Waals surface area contributed by atoms with E-state index in [1.54, 1.807) is 0 Å². The molecule has 3 aliphatic rings. The minimum atomic E-state index is -0.446. The smallest absolute Gasteiger partial charge is 0.0720 e. The SMILES string of the molecule is CC1(C)c2ccccc2C2(c3ccccc3-c3ccc(N(c4ccc(-c5ccccc5)cc4)c4ccc(C5C=CC=CC5)cc4)cc32)c2ccccc21. The first kappa shape index (κ1) is 31.5. The van der Waals surface area contributed by atoms with E-state index < -0.39 is 5.41 Å². The Morgan fingerprint density at radius 1 is 0.453 bits per heavy atom. The Balaban J connectivity index is 1.20. The normalized spacial score (nSPS) is 16.8. The van der Waals surface area contributed by atoms with E-state index in [1.807, 2.05) is 0 Å². The molecule has 0 amide bonds. The Labute approximate surface area is 313 Å². The van der Waals surface area contributed by atoms with Crippen LogP contribution in [-0.2, 0) is 10.8 Å². The molecule has 1 unspecified atom stereocenters. The van der Waals surface area contributed by atoms with E-state index in [0.717, 1.165) is 23.5 Å². The van der Waals surface area contributed by atoms with Crippen LogP contribution in [0.15, 0.2) is 194 Å². The van der Waals surface area contributed by atoms with Gasteiger partial charge >= 0.3 is 0 Å². The minimum absolute atomic E-state index is 0.134. The second kappa shape index (κ2) is 12.2. The molecule has 7 aromatic rings. The van der Waals surface area contributed by atoms with Crippen molar-refractivity contribution in [1.82, 2.24) is 0 Å². The Kier molecular flexibility index (Phi) is 7.27. The van der Waals surface area contributed by atoms with Gasteiger partial charge in [-0.15, -0.1) is 0 Å². The molecule has 1 nitrogen and oxygen atoms in total. The summed E-state index contributed by atoms with van der Waals surface area (Å²) in [6.45, 7) is 4.78. The van der Waals surface area contributed by atoms with Gasteiger partial charge in [-0.25, -0.2) is 0 Å². The maximum absolute atomic E-state index is 2.49. The van der Waals surface area contributed by atoms with Crippen LogP contribution in [0.4, 0.5) is 17.1 Å². The standard InChI is InChI=1S/C52H41N/c1-51(2)46-21-11-13-23-48(46)52(49-24-14-12-22-47(49)51)45-20-10-9-19-43(45)44-34-33-42(35-50(44)52)53(40-29-25-38(26-30-40)36-15-5-3-6-16-36)41-31-27-39(28-32-41)37-17-7-4-8-18-37/h3-17,19-35,37H,18H2,1-2H3. The van der Waals surface area contributed by atoms with Gasteiger partial charge in [0.25, 0.3) is 0 Å². The highest BCUT2D eigenvalue weighted by molar-refractivity contribution is 5.91. The first-order valence-electron chi connectivity index (χ1n) is 18.9. The number of nitrogens with zero attached hydrogens (tertiary/aromatic N) is 1. The average Bonchev–Trinajstić information content (AvgIpc) is 3.52. The molecule has 0 bridgehead atoms. The Hall–Kier alpha value is -6.18. The average molecular weight is 680 g/mol. The van der Waals surface area contributed by atoms with Gasteiger partial charge in [0.05, 0.1) is 5.41 Å². The molecule has 0 aliphatic heterocycles. The highest BCUT2D eigenvalue weighted by Crippen LogP contribution is 2.62. The van der Waals surface area contributed by atoms with Crippen LogP contribution < -0.4 is 4.90 Å². The maximum atomic E-state index is 2.49. The summed E-state index contributed by atoms with van der Waals surface area (Å²) in [4.78, 5) is 2.44. The van der Waals surface area contributed by atoms with Crippen LogP contribution in [0.3, 0.4) is 0 Å². The van der Waals surface area contributed by atoms with Gasteiger partial charge < -0.3 is 4.90 Å². The van der Waals surface area contributed by atoms with Crippen molar-refractivity contribution < 1.29 is 0 Å². The molecular weight excluding hydrogens is 639 g/mol. The monoisotopic (exact) mass is 679 g/mol. The summed E-state index contributed by atoms with van der Waals surface area (Å²) in [7, 11) is 0. The largest absolute Gasteiger partial charge is 0.310 e. The summed E-state index contributed by atoms with van der Waals surface area (Å²) in [5.41, 5.74) is 17.5. The molecule has 10 rings (SSSR count). The van der Waals surface area contributed by atoms with Crippen LogP contribution in [0.25, 0.3) is 22.3 Å². The van der Waals surface area contributed by atoms with Crippen LogP contribution in [0, 0.1) is 0 Å². The number of benzene rings is 7. The molecule has 0 fully saturated rings. The van der Waals surface area contributed by atoms with E-state index in [0.29, 0.717) is 5.92 Å². The molecule has 53 heavy (non-hydrogen) atoms. The van der Waals surface area contributed by atoms with E-state index in [9.17, 15) is 0 Å². The van der Waals surface area contributed by atoms with Crippen molar-refractivity contribution in [2.24, 2.45) is 0 Å². The quantitative estimate of drug-likeness (QED) is 0.175. The highest BCUT2D eigenvalue weighted by atomic mass is 15.1. The van der Waals surface area contributed by atoms with Crippen molar-refractivity contribution in [2.45, 2.75) is 37.0 Å². The van der Waals surface area contributed by atoms with Crippen molar-refractivity contribution in [3.8, 4) is 22.3 Å². The fourth-order valence-electron chi connectivity index (χ4n) is 9.57. The molecule has 1 atom stereocenters. The lowest BCUT2D eigenvalue weighted by molar-refractivity contribution is 0.563. The predicted octanol–water partition coefficient (Wildman–Crippen LogP) is 13.4. The number of hydrogen-bond acceptors (Lipinski definition) is 1. The van der Waals surface area contributed by atoms with Crippen LogP contribution in [0.2, 0.25) is 0 Å². The van der Waals surface area contributed by atoms with Gasteiger partial charge in [-0.3, -0.25) is 0 Å². The number of hydrogen-bond donors (Lipinski definition) is 0. The summed E-state index contributed by atoms with van der Waals surface area (Å²) >= 11 is 0. The summed E-state index contributed by atoms with van der Waals surface area (Å²) in [5, 5.41) is 0. The van der Waals surface area contributed by atoms with Crippen molar-refractivity contribution in [3.63, 3.8) is 0 Å². The second-order valence-corrected chi connectivity index (χ2v) is 15.2. The van der Waals surface area contributed by atoms with Gasteiger partial charge in [0.2, 0.25) is 0 Å². The summed E-state index contributed by atoms with van der Waals surface area (Å²) < 4.78 is 0. The summed E-state index contributed by atoms with van der Waals surface area (Å²) in [6.07, 6.45) is 9.93. The van der Waals surface area contributed by atoms with E-state index in [2.05, 4.69) is 213 Å². The van der Waals surface area contributed by atoms with Crippen LogP contribution >= 0.6 is 0 Å². The molecule has 0 N–H and O–H groups in total. The van der Waals surface area contributed by atoms with Crippen LogP contribution in [0.1, 0.15) is 65.1 Å². The molecule has 1 spiro atoms. The lowest BCUT2D eigenvalue weighted by Gasteiger charge is -2.46. The molecule has 254 valence electrons. The fraction of sp³-hybridized carbons (Fsp3) is 0.115. The van der Waals surface area contributed by atoms with Gasteiger partial charge in [-0.05, 0) is 104 Å². The summed E-state index contributed by atoms with van der Waals surface area (Å²) in [6, 6.07) is 63.6. The molecule has 0 saturated carbocycles. The Morgan fingerprint density at radius 2 is 0.981 bits per heavy atom. The van der Waals surface area contributed by atoms with E-state index in [4.69, 9.17) is 0 Å². The van der Waals surface area contributed by atoms with Crippen molar-refractivity contribution >= 4 is 17.1 Å². The van der Waals surface area contributed by atoms with Gasteiger partial charge in [0.1, 0.15) is 0 Å². The Bertz CT molecular complexity index is 2500. The predicted molar refractivity (Wildman–Crippen MR) is 222 cm³/mol. The molecule has 0 heterocycles. The van der Waals surface area contributed by atoms with E-state index in [1.165, 1.54) is 61.2 Å². The molecule has 0 aromatic heterocycles. The van der Waals surface area contributed by atoms with Crippen LogP contribution in [0.5, 0.6) is 0 Å². The third-order valence-corrected chi connectivity index (χ3v) is 12.1. The van der Waals surface area contributed by atoms with Gasteiger partial charge in [0.15, 0.2) is 0 Å². The van der Waals surface area contributed by atoms with E-state index in [-0.39, 0.29) is 5.41 Å². The highest BCUT2D eigenvalue weighted by Gasteiger charge is 2.53. The lowest BCUT2D eigenvalue weighted by Crippen LogP contribution is -2.40. The zero-order valence-electron chi connectivity index (χ0n) is 30.2. The first-order valence-corrected chi connectivity index (χ1v) is 18.9. The van der Waals surface area contributed by atoms with Gasteiger partial charge in [0, 0.05) is 28.4 Å². The number of allylic oxidation sites excluding steroid dienone is 4. The number of anilines is 3. The molecule has 3 aliphatic carbocycles. The van der Waals surface area contributed by atoms with Crippen molar-refractivity contribution in [3.05, 3.63) is 233 Å². The topological polar surface area (TPSA) is 3.24 Å². The summed E-state index contributed by atoms with van der Waals surface area (Å²) in [5.74, 6) is 0.404.